The third-order valence-corrected chi connectivity index (χ3v) is 8.19. The molecular weight excluding hydrogens is 386 g/mol. The molecule has 2 aromatic rings. The summed E-state index contributed by atoms with van der Waals surface area (Å²) in [6.07, 6.45) is 7.21. The molecule has 2 aliphatic carbocycles. The molecule has 0 atom stereocenters. The largest absolute Gasteiger partial charge is 0.454 e. The quantitative estimate of drug-likeness (QED) is 0.728. The second-order valence-electron chi connectivity index (χ2n) is 7.99. The molecule has 0 saturated heterocycles. The molecule has 2 aromatic carbocycles. The van der Waals surface area contributed by atoms with Crippen molar-refractivity contribution in [3.8, 4) is 11.5 Å². The van der Waals surface area contributed by atoms with Crippen molar-refractivity contribution in [2.45, 2.75) is 51.1 Å². The first-order chi connectivity index (χ1) is 14.1. The molecule has 5 rings (SSSR count). The van der Waals surface area contributed by atoms with Gasteiger partial charge >= 0.3 is 0 Å². The first kappa shape index (κ1) is 18.7. The van der Waals surface area contributed by atoms with Crippen LogP contribution in [0.25, 0.3) is 6.08 Å². The van der Waals surface area contributed by atoms with E-state index >= 15 is 0 Å². The van der Waals surface area contributed by atoms with Gasteiger partial charge in [-0.3, -0.25) is 0 Å². The summed E-state index contributed by atoms with van der Waals surface area (Å²) in [6, 6.07) is 13.8. The minimum absolute atomic E-state index is 0.0588. The number of fused-ring (bicyclic) bond motifs is 2. The van der Waals surface area contributed by atoms with Crippen molar-refractivity contribution in [1.29, 1.82) is 0 Å². The lowest BCUT2D eigenvalue weighted by Gasteiger charge is -2.30. The van der Waals surface area contributed by atoms with Crippen molar-refractivity contribution >= 4 is 16.1 Å². The molecule has 0 amide bonds. The second kappa shape index (κ2) is 7.50. The summed E-state index contributed by atoms with van der Waals surface area (Å²) in [5.74, 6) is 1.41. The van der Waals surface area contributed by atoms with Gasteiger partial charge < -0.3 is 9.47 Å². The van der Waals surface area contributed by atoms with Gasteiger partial charge in [-0.25, -0.2) is 8.42 Å². The Labute approximate surface area is 172 Å². The van der Waals surface area contributed by atoms with Crippen LogP contribution in [-0.2, 0) is 23.0 Å². The molecule has 5 nitrogen and oxygen atoms in total. The fraction of sp³-hybridized carbons (Fsp3) is 0.391. The Kier molecular flexibility index (Phi) is 4.84. The molecule has 0 bridgehead atoms. The SMILES string of the molecule is O=S(=O)(C1=Cc2ccccc2CC1)N(Cc1ccc2c(c1)OCO2)C1CCCC1. The summed E-state index contributed by atoms with van der Waals surface area (Å²) in [4.78, 5) is 0.531. The van der Waals surface area contributed by atoms with Gasteiger partial charge in [0, 0.05) is 12.6 Å². The van der Waals surface area contributed by atoms with Crippen LogP contribution in [0, 0.1) is 0 Å². The van der Waals surface area contributed by atoms with Crippen LogP contribution < -0.4 is 9.47 Å². The first-order valence-electron chi connectivity index (χ1n) is 10.3. The van der Waals surface area contributed by atoms with E-state index in [2.05, 4.69) is 6.07 Å². The third-order valence-electron chi connectivity index (χ3n) is 6.16. The highest BCUT2D eigenvalue weighted by Gasteiger charge is 2.35. The van der Waals surface area contributed by atoms with Gasteiger partial charge in [0.25, 0.3) is 0 Å². The fourth-order valence-electron chi connectivity index (χ4n) is 4.58. The number of sulfonamides is 1. The van der Waals surface area contributed by atoms with E-state index in [0.717, 1.165) is 49.0 Å². The number of ether oxygens (including phenoxy) is 2. The molecular formula is C23H25NO4S. The van der Waals surface area contributed by atoms with E-state index in [0.29, 0.717) is 23.6 Å². The van der Waals surface area contributed by atoms with Gasteiger partial charge in [0.05, 0.1) is 4.91 Å². The number of benzene rings is 2. The summed E-state index contributed by atoms with van der Waals surface area (Å²) in [5, 5.41) is 0. The Morgan fingerprint density at radius 1 is 0.966 bits per heavy atom. The number of allylic oxidation sites excluding steroid dienone is 1. The van der Waals surface area contributed by atoms with Crippen molar-refractivity contribution in [3.05, 3.63) is 64.1 Å². The highest BCUT2D eigenvalue weighted by molar-refractivity contribution is 7.93. The lowest BCUT2D eigenvalue weighted by molar-refractivity contribution is 0.174. The molecule has 1 saturated carbocycles. The Hall–Kier alpha value is -2.31. The zero-order chi connectivity index (χ0) is 19.8. The molecule has 1 fully saturated rings. The van der Waals surface area contributed by atoms with Crippen molar-refractivity contribution in [2.24, 2.45) is 0 Å². The minimum atomic E-state index is -3.54. The standard InChI is InChI=1S/C23H25NO4S/c25-29(26,21-11-10-18-5-1-2-6-19(18)14-21)24(20-7-3-4-8-20)15-17-9-12-22-23(13-17)28-16-27-22/h1-2,5-6,9,12-14,20H,3-4,7-8,10-11,15-16H2. The predicted octanol–water partition coefficient (Wildman–Crippen LogP) is 4.48. The van der Waals surface area contributed by atoms with Gasteiger partial charge in [0.2, 0.25) is 16.8 Å². The number of aryl methyl sites for hydroxylation is 1. The number of rotatable bonds is 5. The molecule has 1 aliphatic heterocycles. The summed E-state index contributed by atoms with van der Waals surface area (Å²) in [6.45, 7) is 0.582. The lowest BCUT2D eigenvalue weighted by Crippen LogP contribution is -2.39. The second-order valence-corrected chi connectivity index (χ2v) is 9.93. The van der Waals surface area contributed by atoms with Gasteiger partial charge in [0.15, 0.2) is 11.5 Å². The van der Waals surface area contributed by atoms with Crippen LogP contribution >= 0.6 is 0 Å². The Balaban J connectivity index is 1.48. The van der Waals surface area contributed by atoms with Crippen LogP contribution in [0.3, 0.4) is 0 Å². The van der Waals surface area contributed by atoms with Crippen LogP contribution in [0.2, 0.25) is 0 Å². The lowest BCUT2D eigenvalue weighted by atomic mass is 9.98. The van der Waals surface area contributed by atoms with Crippen LogP contribution in [0.1, 0.15) is 48.8 Å². The highest BCUT2D eigenvalue weighted by Crippen LogP contribution is 2.37. The number of hydrogen-bond donors (Lipinski definition) is 0. The summed E-state index contributed by atoms with van der Waals surface area (Å²) >= 11 is 0. The molecule has 152 valence electrons. The molecule has 0 spiro atoms. The molecule has 29 heavy (non-hydrogen) atoms. The van der Waals surface area contributed by atoms with Crippen LogP contribution in [0.15, 0.2) is 47.4 Å². The van der Waals surface area contributed by atoms with E-state index in [1.165, 1.54) is 5.56 Å². The summed E-state index contributed by atoms with van der Waals surface area (Å²) in [5.41, 5.74) is 3.17. The van der Waals surface area contributed by atoms with Crippen molar-refractivity contribution in [1.82, 2.24) is 4.31 Å². The normalized spacial score (nSPS) is 18.7. The molecule has 0 unspecified atom stereocenters. The van der Waals surface area contributed by atoms with Crippen LogP contribution in [0.5, 0.6) is 11.5 Å². The van der Waals surface area contributed by atoms with E-state index in [-0.39, 0.29) is 12.8 Å². The van der Waals surface area contributed by atoms with E-state index in [1.54, 1.807) is 4.31 Å². The maximum Gasteiger partial charge on any atom is 0.239 e. The Morgan fingerprint density at radius 3 is 2.62 bits per heavy atom. The number of nitrogens with zero attached hydrogens (tertiary/aromatic N) is 1. The summed E-state index contributed by atoms with van der Waals surface area (Å²) in [7, 11) is -3.54. The van der Waals surface area contributed by atoms with E-state index < -0.39 is 10.0 Å². The maximum absolute atomic E-state index is 13.7. The maximum atomic E-state index is 13.7. The average molecular weight is 412 g/mol. The van der Waals surface area contributed by atoms with Crippen LogP contribution in [-0.4, -0.2) is 25.6 Å². The van der Waals surface area contributed by atoms with Gasteiger partial charge in [-0.05, 0) is 60.6 Å². The van der Waals surface area contributed by atoms with Crippen molar-refractivity contribution in [3.63, 3.8) is 0 Å². The van der Waals surface area contributed by atoms with E-state index in [4.69, 9.17) is 9.47 Å². The molecule has 0 radical (unpaired) electrons. The highest BCUT2D eigenvalue weighted by atomic mass is 32.2. The third kappa shape index (κ3) is 3.55. The average Bonchev–Trinajstić information content (AvgIpc) is 3.43. The zero-order valence-electron chi connectivity index (χ0n) is 16.3. The molecule has 0 N–H and O–H groups in total. The molecule has 0 aromatic heterocycles. The van der Waals surface area contributed by atoms with E-state index in [9.17, 15) is 8.42 Å². The van der Waals surface area contributed by atoms with E-state index in [1.807, 2.05) is 42.5 Å². The Bertz CT molecular complexity index is 1050. The van der Waals surface area contributed by atoms with Crippen molar-refractivity contribution in [2.75, 3.05) is 6.79 Å². The Morgan fingerprint density at radius 2 is 1.76 bits per heavy atom. The van der Waals surface area contributed by atoms with Gasteiger partial charge in [-0.1, -0.05) is 43.2 Å². The topological polar surface area (TPSA) is 55.8 Å². The number of hydrogen-bond acceptors (Lipinski definition) is 4. The van der Waals surface area contributed by atoms with Gasteiger partial charge in [-0.2, -0.15) is 4.31 Å². The fourth-order valence-corrected chi connectivity index (χ4v) is 6.44. The summed E-state index contributed by atoms with van der Waals surface area (Å²) < 4.78 is 40.1. The van der Waals surface area contributed by atoms with Crippen LogP contribution in [0.4, 0.5) is 0 Å². The zero-order valence-corrected chi connectivity index (χ0v) is 17.2. The molecule has 3 aliphatic rings. The molecule has 1 heterocycles. The van der Waals surface area contributed by atoms with Gasteiger partial charge in [0.1, 0.15) is 0 Å². The smallest absolute Gasteiger partial charge is 0.239 e. The minimum Gasteiger partial charge on any atom is -0.454 e. The molecule has 6 heteroatoms. The van der Waals surface area contributed by atoms with Gasteiger partial charge in [-0.15, -0.1) is 0 Å². The van der Waals surface area contributed by atoms with Crippen molar-refractivity contribution < 1.29 is 17.9 Å². The first-order valence-corrected chi connectivity index (χ1v) is 11.7. The monoisotopic (exact) mass is 411 g/mol. The predicted molar refractivity (Wildman–Crippen MR) is 112 cm³/mol.